The number of nitriles is 1. The summed E-state index contributed by atoms with van der Waals surface area (Å²) in [6, 6.07) is 7.36. The number of nitrogens with zero attached hydrogens (tertiary/aromatic N) is 4. The Morgan fingerprint density at radius 2 is 2.33 bits per heavy atom. The fraction of sp³-hybridized carbons (Fsp3) is 0.100. The van der Waals surface area contributed by atoms with Crippen molar-refractivity contribution in [3.63, 3.8) is 0 Å². The van der Waals surface area contributed by atoms with E-state index in [9.17, 15) is 0 Å². The van der Waals surface area contributed by atoms with E-state index in [0.717, 1.165) is 5.56 Å². The molecule has 2 aromatic heterocycles. The second-order valence-corrected chi connectivity index (χ2v) is 3.33. The molecule has 0 N–H and O–H groups in total. The second-order valence-electron chi connectivity index (χ2n) is 2.95. The van der Waals surface area contributed by atoms with Crippen LogP contribution in [0, 0.1) is 11.3 Å². The minimum absolute atomic E-state index is 0.348. The van der Waals surface area contributed by atoms with Crippen molar-refractivity contribution in [3.8, 4) is 11.9 Å². The molecule has 4 nitrogen and oxygen atoms in total. The molecule has 0 radical (unpaired) electrons. The van der Waals surface area contributed by atoms with Gasteiger partial charge in [0.05, 0.1) is 18.7 Å². The van der Waals surface area contributed by atoms with Gasteiger partial charge in [0.15, 0.2) is 5.82 Å². The van der Waals surface area contributed by atoms with Gasteiger partial charge < -0.3 is 0 Å². The van der Waals surface area contributed by atoms with Crippen LogP contribution in [0.1, 0.15) is 5.56 Å². The molecule has 0 unspecified atom stereocenters. The number of rotatable bonds is 2. The average molecular weight is 219 g/mol. The van der Waals surface area contributed by atoms with Gasteiger partial charge >= 0.3 is 0 Å². The molecule has 0 aliphatic heterocycles. The summed E-state index contributed by atoms with van der Waals surface area (Å²) < 4.78 is 1.60. The third-order valence-corrected chi connectivity index (χ3v) is 2.06. The number of hydrogen-bond acceptors (Lipinski definition) is 3. The fourth-order valence-corrected chi connectivity index (χ4v) is 1.35. The largest absolute Gasteiger partial charge is 0.222 e. The summed E-state index contributed by atoms with van der Waals surface area (Å²) in [5, 5.41) is 13.0. The first-order valence-corrected chi connectivity index (χ1v) is 4.71. The minimum atomic E-state index is 0.348. The molecule has 0 fully saturated rings. The Bertz CT molecular complexity index is 512. The molecule has 0 aliphatic rings. The Balaban J connectivity index is 2.34. The van der Waals surface area contributed by atoms with Crippen molar-refractivity contribution >= 4 is 11.6 Å². The van der Waals surface area contributed by atoms with Gasteiger partial charge in [-0.3, -0.25) is 0 Å². The standard InChI is InChI=1S/C10H7ClN4/c11-9-2-1-3-10(14-9)15-7-8(4-5-12)6-13-15/h1-3,6-7H,4H2. The van der Waals surface area contributed by atoms with Gasteiger partial charge in [-0.25, -0.2) is 9.67 Å². The van der Waals surface area contributed by atoms with Crippen LogP contribution in [-0.2, 0) is 6.42 Å². The molecule has 2 heterocycles. The van der Waals surface area contributed by atoms with Gasteiger partial charge in [0.25, 0.3) is 0 Å². The molecule has 0 aromatic carbocycles. The van der Waals surface area contributed by atoms with Gasteiger partial charge in [0, 0.05) is 11.8 Å². The minimum Gasteiger partial charge on any atom is -0.222 e. The van der Waals surface area contributed by atoms with E-state index in [1.54, 1.807) is 35.3 Å². The van der Waals surface area contributed by atoms with Gasteiger partial charge in [-0.05, 0) is 12.1 Å². The molecule has 0 atom stereocenters. The highest BCUT2D eigenvalue weighted by molar-refractivity contribution is 6.29. The molecule has 0 saturated heterocycles. The number of pyridine rings is 1. The van der Waals surface area contributed by atoms with Crippen LogP contribution in [0.25, 0.3) is 5.82 Å². The molecular formula is C10H7ClN4. The second kappa shape index (κ2) is 4.11. The molecular weight excluding hydrogens is 212 g/mol. The topological polar surface area (TPSA) is 54.5 Å². The highest BCUT2D eigenvalue weighted by Crippen LogP contribution is 2.09. The lowest BCUT2D eigenvalue weighted by molar-refractivity contribution is 0.846. The Morgan fingerprint density at radius 1 is 1.47 bits per heavy atom. The van der Waals surface area contributed by atoms with Crippen LogP contribution in [0.15, 0.2) is 30.6 Å². The van der Waals surface area contributed by atoms with Crippen LogP contribution < -0.4 is 0 Å². The molecule has 0 amide bonds. The zero-order chi connectivity index (χ0) is 10.7. The van der Waals surface area contributed by atoms with Crippen molar-refractivity contribution in [3.05, 3.63) is 41.3 Å². The van der Waals surface area contributed by atoms with E-state index in [0.29, 0.717) is 17.4 Å². The van der Waals surface area contributed by atoms with Gasteiger partial charge in [0.2, 0.25) is 0 Å². The summed E-state index contributed by atoms with van der Waals surface area (Å²) in [7, 11) is 0. The molecule has 0 bridgehead atoms. The SMILES string of the molecule is N#CCc1cnn(-c2cccc(Cl)n2)c1. The summed E-state index contributed by atoms with van der Waals surface area (Å²) in [5.74, 6) is 0.645. The van der Waals surface area contributed by atoms with Crippen LogP contribution in [0.3, 0.4) is 0 Å². The number of halogens is 1. The van der Waals surface area contributed by atoms with E-state index >= 15 is 0 Å². The lowest BCUT2D eigenvalue weighted by atomic mass is 10.3. The first-order valence-electron chi connectivity index (χ1n) is 4.33. The molecule has 5 heteroatoms. The van der Waals surface area contributed by atoms with E-state index in [-0.39, 0.29) is 0 Å². The summed E-state index contributed by atoms with van der Waals surface area (Å²) >= 11 is 5.76. The van der Waals surface area contributed by atoms with Crippen molar-refractivity contribution in [2.75, 3.05) is 0 Å². The Labute approximate surface area is 91.7 Å². The zero-order valence-corrected chi connectivity index (χ0v) is 8.52. The smallest absolute Gasteiger partial charge is 0.155 e. The van der Waals surface area contributed by atoms with E-state index in [2.05, 4.69) is 16.2 Å². The zero-order valence-electron chi connectivity index (χ0n) is 7.76. The Kier molecular flexibility index (Phi) is 2.66. The van der Waals surface area contributed by atoms with Gasteiger partial charge in [-0.1, -0.05) is 17.7 Å². The number of hydrogen-bond donors (Lipinski definition) is 0. The normalized spacial score (nSPS) is 9.87. The third kappa shape index (κ3) is 2.14. The van der Waals surface area contributed by atoms with Crippen LogP contribution >= 0.6 is 11.6 Å². The lowest BCUT2D eigenvalue weighted by Crippen LogP contribution is -1.97. The summed E-state index contributed by atoms with van der Waals surface area (Å²) in [6.45, 7) is 0. The predicted octanol–water partition coefficient (Wildman–Crippen LogP) is 1.99. The van der Waals surface area contributed by atoms with Crippen LogP contribution in [0.4, 0.5) is 0 Å². The van der Waals surface area contributed by atoms with Crippen LogP contribution in [0.2, 0.25) is 5.15 Å². The lowest BCUT2D eigenvalue weighted by Gasteiger charge is -1.98. The first-order chi connectivity index (χ1) is 7.29. The van der Waals surface area contributed by atoms with E-state index in [1.165, 1.54) is 0 Å². The van der Waals surface area contributed by atoms with E-state index in [4.69, 9.17) is 16.9 Å². The first kappa shape index (κ1) is 9.69. The van der Waals surface area contributed by atoms with Crippen molar-refractivity contribution in [2.24, 2.45) is 0 Å². The maximum absolute atomic E-state index is 8.52. The molecule has 74 valence electrons. The predicted molar refractivity (Wildman–Crippen MR) is 55.7 cm³/mol. The van der Waals surface area contributed by atoms with Crippen molar-refractivity contribution in [2.45, 2.75) is 6.42 Å². The molecule has 15 heavy (non-hydrogen) atoms. The van der Waals surface area contributed by atoms with E-state index < -0.39 is 0 Å². The monoisotopic (exact) mass is 218 g/mol. The van der Waals surface area contributed by atoms with Gasteiger partial charge in [0.1, 0.15) is 5.15 Å². The molecule has 0 saturated carbocycles. The maximum atomic E-state index is 8.52. The molecule has 0 aliphatic carbocycles. The highest BCUT2D eigenvalue weighted by atomic mass is 35.5. The van der Waals surface area contributed by atoms with Gasteiger partial charge in [-0.2, -0.15) is 10.4 Å². The highest BCUT2D eigenvalue weighted by Gasteiger charge is 2.01. The molecule has 0 spiro atoms. The maximum Gasteiger partial charge on any atom is 0.155 e. The summed E-state index contributed by atoms with van der Waals surface area (Å²) in [4.78, 5) is 4.10. The van der Waals surface area contributed by atoms with Crippen molar-refractivity contribution in [1.29, 1.82) is 5.26 Å². The number of aromatic nitrogens is 3. The summed E-state index contributed by atoms with van der Waals surface area (Å²) in [6.07, 6.45) is 3.76. The third-order valence-electron chi connectivity index (χ3n) is 1.85. The molecule has 2 rings (SSSR count). The Hall–Kier alpha value is -1.86. The summed E-state index contributed by atoms with van der Waals surface area (Å²) in [5.41, 5.74) is 0.860. The average Bonchev–Trinajstić information content (AvgIpc) is 2.67. The van der Waals surface area contributed by atoms with Crippen LogP contribution in [-0.4, -0.2) is 14.8 Å². The Morgan fingerprint density at radius 3 is 3.07 bits per heavy atom. The van der Waals surface area contributed by atoms with E-state index in [1.807, 2.05) is 0 Å². The van der Waals surface area contributed by atoms with Crippen molar-refractivity contribution in [1.82, 2.24) is 14.8 Å². The van der Waals surface area contributed by atoms with Crippen LogP contribution in [0.5, 0.6) is 0 Å². The quantitative estimate of drug-likeness (QED) is 0.725. The van der Waals surface area contributed by atoms with Crippen molar-refractivity contribution < 1.29 is 0 Å². The van der Waals surface area contributed by atoms with Gasteiger partial charge in [-0.15, -0.1) is 0 Å². The molecule has 2 aromatic rings. The fourth-order valence-electron chi connectivity index (χ4n) is 1.19.